The lowest BCUT2D eigenvalue weighted by atomic mass is 10.2. The number of hydrogen-bond acceptors (Lipinski definition) is 6. The maximum atomic E-state index is 13.8. The summed E-state index contributed by atoms with van der Waals surface area (Å²) in [5, 5.41) is 14.6. The largest absolute Gasteiger partial charge is 0.495 e. The van der Waals surface area contributed by atoms with Gasteiger partial charge in [0, 0.05) is 12.6 Å². The Morgan fingerprint density at radius 3 is 2.90 bits per heavy atom. The fourth-order valence-corrected chi connectivity index (χ4v) is 1.69. The molecule has 1 aromatic carbocycles. The second-order valence-electron chi connectivity index (χ2n) is 4.07. The van der Waals surface area contributed by atoms with Crippen LogP contribution in [0.1, 0.15) is 12.5 Å². The highest BCUT2D eigenvalue weighted by Gasteiger charge is 2.10. The monoisotopic (exact) mass is 287 g/mol. The molecule has 0 bridgehead atoms. The van der Waals surface area contributed by atoms with Crippen molar-refractivity contribution in [2.24, 2.45) is 0 Å². The summed E-state index contributed by atoms with van der Waals surface area (Å²) in [6.07, 6.45) is 1.09. The van der Waals surface area contributed by atoms with Gasteiger partial charge in [0.15, 0.2) is 11.6 Å². The molecular formula is C14H14FN5O. The molecule has 0 amide bonds. The van der Waals surface area contributed by atoms with Gasteiger partial charge in [0.2, 0.25) is 5.95 Å². The van der Waals surface area contributed by atoms with E-state index in [-0.39, 0.29) is 5.82 Å². The topological polar surface area (TPSA) is 82.9 Å². The highest BCUT2D eigenvalue weighted by atomic mass is 19.1. The summed E-state index contributed by atoms with van der Waals surface area (Å²) in [5.41, 5.74) is 0.963. The van der Waals surface area contributed by atoms with E-state index in [0.717, 1.165) is 6.20 Å². The lowest BCUT2D eigenvalue weighted by Gasteiger charge is -2.12. The minimum atomic E-state index is -0.580. The molecule has 0 aliphatic carbocycles. The van der Waals surface area contributed by atoms with E-state index in [1.165, 1.54) is 7.11 Å². The van der Waals surface area contributed by atoms with E-state index in [4.69, 9.17) is 10.00 Å². The normalized spacial score (nSPS) is 9.81. The molecule has 0 aliphatic rings. The van der Waals surface area contributed by atoms with Gasteiger partial charge in [-0.25, -0.2) is 9.37 Å². The van der Waals surface area contributed by atoms with Gasteiger partial charge in [0.1, 0.15) is 5.75 Å². The molecule has 2 aromatic rings. The molecule has 2 N–H and O–H groups in total. The van der Waals surface area contributed by atoms with Crippen molar-refractivity contribution in [2.45, 2.75) is 6.92 Å². The van der Waals surface area contributed by atoms with Crippen molar-refractivity contribution in [1.29, 1.82) is 5.26 Å². The van der Waals surface area contributed by atoms with Crippen molar-refractivity contribution >= 4 is 17.5 Å². The average Bonchev–Trinajstić information content (AvgIpc) is 2.51. The summed E-state index contributed by atoms with van der Waals surface area (Å²) in [4.78, 5) is 7.88. The van der Waals surface area contributed by atoms with Crippen LogP contribution in [0.15, 0.2) is 24.4 Å². The number of rotatable bonds is 5. The van der Waals surface area contributed by atoms with Crippen LogP contribution in [0.5, 0.6) is 5.75 Å². The van der Waals surface area contributed by atoms with Gasteiger partial charge in [-0.3, -0.25) is 0 Å². The van der Waals surface area contributed by atoms with E-state index in [2.05, 4.69) is 20.6 Å². The lowest BCUT2D eigenvalue weighted by molar-refractivity contribution is 0.416. The molecule has 0 saturated carbocycles. The minimum Gasteiger partial charge on any atom is -0.495 e. The van der Waals surface area contributed by atoms with Gasteiger partial charge in [-0.05, 0) is 19.1 Å². The van der Waals surface area contributed by atoms with E-state index in [1.807, 2.05) is 13.0 Å². The quantitative estimate of drug-likeness (QED) is 0.879. The third-order valence-corrected chi connectivity index (χ3v) is 2.66. The number of aromatic nitrogens is 2. The molecule has 0 spiro atoms. The third-order valence-electron chi connectivity index (χ3n) is 2.66. The van der Waals surface area contributed by atoms with Crippen LogP contribution in [0.2, 0.25) is 0 Å². The summed E-state index contributed by atoms with van der Waals surface area (Å²) in [6, 6.07) is 6.81. The van der Waals surface area contributed by atoms with Crippen LogP contribution in [0, 0.1) is 17.1 Å². The van der Waals surface area contributed by atoms with Gasteiger partial charge >= 0.3 is 0 Å². The summed E-state index contributed by atoms with van der Waals surface area (Å²) < 4.78 is 19.0. The van der Waals surface area contributed by atoms with E-state index in [9.17, 15) is 4.39 Å². The van der Waals surface area contributed by atoms with Crippen LogP contribution in [0.3, 0.4) is 0 Å². The van der Waals surface area contributed by atoms with Crippen molar-refractivity contribution in [1.82, 2.24) is 9.97 Å². The molecule has 6 nitrogen and oxygen atoms in total. The molecular weight excluding hydrogens is 273 g/mol. The summed E-state index contributed by atoms with van der Waals surface area (Å²) in [6.45, 7) is 2.52. The Hall–Kier alpha value is -2.88. The highest BCUT2D eigenvalue weighted by molar-refractivity contribution is 5.66. The zero-order valence-corrected chi connectivity index (χ0v) is 11.6. The standard InChI is InChI=1S/C14H14FN5O/c1-3-17-14-18-8-10(15)13(20-14)19-11-5-4-9(7-16)6-12(11)21-2/h4-6,8H,3H2,1-2H3,(H2,17,18,19,20). The predicted octanol–water partition coefficient (Wildman–Crippen LogP) is 2.67. The first kappa shape index (κ1) is 14.5. The molecule has 2 rings (SSSR count). The Balaban J connectivity index is 2.33. The van der Waals surface area contributed by atoms with Gasteiger partial charge in [0.05, 0.1) is 30.6 Å². The van der Waals surface area contributed by atoms with E-state index in [1.54, 1.807) is 18.2 Å². The van der Waals surface area contributed by atoms with Crippen LogP contribution < -0.4 is 15.4 Å². The number of nitriles is 1. The fourth-order valence-electron chi connectivity index (χ4n) is 1.69. The fraction of sp³-hybridized carbons (Fsp3) is 0.214. The van der Waals surface area contributed by atoms with Gasteiger partial charge in [0.25, 0.3) is 0 Å². The van der Waals surface area contributed by atoms with Crippen molar-refractivity contribution in [3.63, 3.8) is 0 Å². The first-order valence-corrected chi connectivity index (χ1v) is 6.29. The number of nitrogens with zero attached hydrogens (tertiary/aromatic N) is 3. The van der Waals surface area contributed by atoms with Crippen molar-refractivity contribution in [3.8, 4) is 11.8 Å². The van der Waals surface area contributed by atoms with Gasteiger partial charge < -0.3 is 15.4 Å². The average molecular weight is 287 g/mol. The summed E-state index contributed by atoms with van der Waals surface area (Å²) in [5.74, 6) is 0.207. The zero-order valence-electron chi connectivity index (χ0n) is 11.6. The molecule has 0 saturated heterocycles. The number of methoxy groups -OCH3 is 1. The molecule has 1 aromatic heterocycles. The first-order chi connectivity index (χ1) is 10.2. The summed E-state index contributed by atoms with van der Waals surface area (Å²) in [7, 11) is 1.47. The first-order valence-electron chi connectivity index (χ1n) is 6.29. The maximum Gasteiger partial charge on any atom is 0.224 e. The molecule has 0 radical (unpaired) electrons. The van der Waals surface area contributed by atoms with Gasteiger partial charge in [-0.1, -0.05) is 0 Å². The smallest absolute Gasteiger partial charge is 0.224 e. The van der Waals surface area contributed by atoms with E-state index >= 15 is 0 Å². The highest BCUT2D eigenvalue weighted by Crippen LogP contribution is 2.29. The zero-order chi connectivity index (χ0) is 15.2. The molecule has 0 aliphatic heterocycles. The molecule has 0 atom stereocenters. The Labute approximate surface area is 121 Å². The van der Waals surface area contributed by atoms with Crippen LogP contribution in [0.4, 0.5) is 21.8 Å². The Morgan fingerprint density at radius 2 is 2.24 bits per heavy atom. The molecule has 108 valence electrons. The Bertz CT molecular complexity index is 684. The Kier molecular flexibility index (Phi) is 4.51. The molecule has 7 heteroatoms. The summed E-state index contributed by atoms with van der Waals surface area (Å²) >= 11 is 0. The van der Waals surface area contributed by atoms with Crippen molar-refractivity contribution in [2.75, 3.05) is 24.3 Å². The maximum absolute atomic E-state index is 13.8. The van der Waals surface area contributed by atoms with Crippen LogP contribution >= 0.6 is 0 Å². The third kappa shape index (κ3) is 3.36. The number of hydrogen-bond donors (Lipinski definition) is 2. The molecule has 0 unspecified atom stereocenters. The molecule has 1 heterocycles. The van der Waals surface area contributed by atoms with Crippen molar-refractivity contribution in [3.05, 3.63) is 35.8 Å². The molecule has 0 fully saturated rings. The number of nitrogens with one attached hydrogen (secondary N) is 2. The van der Waals surface area contributed by atoms with Crippen LogP contribution in [-0.4, -0.2) is 23.6 Å². The molecule has 21 heavy (non-hydrogen) atoms. The lowest BCUT2D eigenvalue weighted by Crippen LogP contribution is -2.06. The number of benzene rings is 1. The second kappa shape index (κ2) is 6.52. The van der Waals surface area contributed by atoms with Crippen LogP contribution in [-0.2, 0) is 0 Å². The Morgan fingerprint density at radius 1 is 1.43 bits per heavy atom. The van der Waals surface area contributed by atoms with Crippen LogP contribution in [0.25, 0.3) is 0 Å². The minimum absolute atomic E-state index is 0.0314. The SMILES string of the molecule is CCNc1ncc(F)c(Nc2ccc(C#N)cc2OC)n1. The van der Waals surface area contributed by atoms with E-state index < -0.39 is 5.82 Å². The van der Waals surface area contributed by atoms with Gasteiger partial charge in [-0.2, -0.15) is 10.2 Å². The predicted molar refractivity (Wildman–Crippen MR) is 77.1 cm³/mol. The van der Waals surface area contributed by atoms with Gasteiger partial charge in [-0.15, -0.1) is 0 Å². The number of halogens is 1. The number of ether oxygens (including phenoxy) is 1. The van der Waals surface area contributed by atoms with Crippen molar-refractivity contribution < 1.29 is 9.13 Å². The number of anilines is 3. The van der Waals surface area contributed by atoms with E-state index in [0.29, 0.717) is 29.5 Å². The second-order valence-corrected chi connectivity index (χ2v) is 4.07.